The monoisotopic (exact) mass is 265 g/mol. The van der Waals surface area contributed by atoms with Crippen LogP contribution >= 0.6 is 0 Å². The first-order valence-corrected chi connectivity index (χ1v) is 6.91. The number of rotatable bonds is 1. The first-order valence-electron chi connectivity index (χ1n) is 6.91. The van der Waals surface area contributed by atoms with Crippen LogP contribution in [0.1, 0.15) is 40.0 Å². The topological polar surface area (TPSA) is 45.1 Å². The molecule has 2 heterocycles. The molecule has 5 heteroatoms. The summed E-state index contributed by atoms with van der Waals surface area (Å²) >= 11 is 0. The largest absolute Gasteiger partial charge is 0.444 e. The number of hydrogen-bond donors (Lipinski definition) is 0. The summed E-state index contributed by atoms with van der Waals surface area (Å²) in [5.74, 6) is 0. The number of piperidine rings is 1. The Bertz CT molecular complexity index is 385. The highest BCUT2D eigenvalue weighted by Crippen LogP contribution is 2.23. The Hall–Kier alpha value is -1.52. The number of carbonyl (C=O) groups excluding carboxylic acids is 1. The molecule has 1 unspecified atom stereocenters. The van der Waals surface area contributed by atoms with E-state index in [0.29, 0.717) is 0 Å². The second kappa shape index (κ2) is 5.63. The fraction of sp³-hybridized carbons (Fsp3) is 0.714. The lowest BCUT2D eigenvalue weighted by Gasteiger charge is -2.42. The molecule has 0 bridgehead atoms. The lowest BCUT2D eigenvalue weighted by atomic mass is 10.1. The molecular formula is C14H23N3O2. The number of likely N-dealkylation sites (tertiary alicyclic amines) is 1. The van der Waals surface area contributed by atoms with Gasteiger partial charge in [0.25, 0.3) is 0 Å². The van der Waals surface area contributed by atoms with Gasteiger partial charge in [-0.3, -0.25) is 9.89 Å². The molecule has 2 rings (SSSR count). The number of aliphatic imine (C=N–C) groups is 1. The highest BCUT2D eigenvalue weighted by molar-refractivity contribution is 5.69. The average Bonchev–Trinajstić information content (AvgIpc) is 2.38. The van der Waals surface area contributed by atoms with Gasteiger partial charge in [0.2, 0.25) is 0 Å². The van der Waals surface area contributed by atoms with Crippen molar-refractivity contribution in [3.63, 3.8) is 0 Å². The van der Waals surface area contributed by atoms with E-state index < -0.39 is 5.60 Å². The van der Waals surface area contributed by atoms with E-state index in [1.54, 1.807) is 6.20 Å². The summed E-state index contributed by atoms with van der Waals surface area (Å²) in [5, 5.41) is 0. The Morgan fingerprint density at radius 1 is 1.37 bits per heavy atom. The molecule has 5 nitrogen and oxygen atoms in total. The van der Waals surface area contributed by atoms with E-state index in [-0.39, 0.29) is 12.3 Å². The minimum Gasteiger partial charge on any atom is -0.444 e. The van der Waals surface area contributed by atoms with Crippen molar-refractivity contribution >= 4 is 12.3 Å². The summed E-state index contributed by atoms with van der Waals surface area (Å²) in [6, 6.07) is 0. The summed E-state index contributed by atoms with van der Waals surface area (Å²) in [7, 11) is 0. The first kappa shape index (κ1) is 13.9. The quantitative estimate of drug-likeness (QED) is 0.732. The molecular weight excluding hydrogens is 242 g/mol. The van der Waals surface area contributed by atoms with Gasteiger partial charge < -0.3 is 9.64 Å². The number of carbonyl (C=O) groups is 1. The molecule has 1 amide bonds. The third-order valence-corrected chi connectivity index (χ3v) is 3.22. The third-order valence-electron chi connectivity index (χ3n) is 3.22. The molecule has 0 spiro atoms. The van der Waals surface area contributed by atoms with Crippen LogP contribution in [0.5, 0.6) is 0 Å². The van der Waals surface area contributed by atoms with E-state index >= 15 is 0 Å². The Balaban J connectivity index is 2.05. The standard InChI is InChI=1S/C14H23N3O2/c1-14(2,3)19-13(18)17-9-5-4-6-12(17)16-10-7-15-8-11-16/h7-8,10,12H,4-6,9,11H2,1-3H3. The molecule has 19 heavy (non-hydrogen) atoms. The van der Waals surface area contributed by atoms with Crippen LogP contribution in [0.15, 0.2) is 17.4 Å². The van der Waals surface area contributed by atoms with E-state index in [2.05, 4.69) is 9.89 Å². The van der Waals surface area contributed by atoms with Gasteiger partial charge in [-0.15, -0.1) is 0 Å². The van der Waals surface area contributed by atoms with Crippen LogP contribution in [-0.4, -0.2) is 47.0 Å². The zero-order valence-corrected chi connectivity index (χ0v) is 12.0. The second-order valence-corrected chi connectivity index (χ2v) is 5.98. The molecule has 0 aromatic heterocycles. The molecule has 0 N–H and O–H groups in total. The SMILES string of the molecule is CC(C)(C)OC(=O)N1CCCCC1N1C=CN=CC1. The Kier molecular flexibility index (Phi) is 4.12. The summed E-state index contributed by atoms with van der Waals surface area (Å²) in [6.45, 7) is 7.22. The highest BCUT2D eigenvalue weighted by atomic mass is 16.6. The molecule has 106 valence electrons. The first-order chi connectivity index (χ1) is 8.97. The van der Waals surface area contributed by atoms with E-state index in [1.807, 2.05) is 38.1 Å². The van der Waals surface area contributed by atoms with E-state index in [9.17, 15) is 4.79 Å². The summed E-state index contributed by atoms with van der Waals surface area (Å²) in [4.78, 5) is 20.4. The Labute approximate surface area is 114 Å². The maximum atomic E-state index is 12.3. The predicted octanol–water partition coefficient (Wildman–Crippen LogP) is 2.59. The van der Waals surface area contributed by atoms with Gasteiger partial charge in [-0.1, -0.05) is 0 Å². The number of nitrogens with zero attached hydrogens (tertiary/aromatic N) is 3. The van der Waals surface area contributed by atoms with E-state index in [1.165, 1.54) is 0 Å². The van der Waals surface area contributed by atoms with Gasteiger partial charge in [-0.25, -0.2) is 4.79 Å². The maximum Gasteiger partial charge on any atom is 0.411 e. The fourth-order valence-corrected chi connectivity index (χ4v) is 2.40. The average molecular weight is 265 g/mol. The third kappa shape index (κ3) is 3.72. The fourth-order valence-electron chi connectivity index (χ4n) is 2.40. The zero-order chi connectivity index (χ0) is 13.9. The van der Waals surface area contributed by atoms with Crippen LogP contribution in [0.25, 0.3) is 0 Å². The van der Waals surface area contributed by atoms with Crippen molar-refractivity contribution < 1.29 is 9.53 Å². The van der Waals surface area contributed by atoms with Crippen LogP contribution in [0.2, 0.25) is 0 Å². The molecule has 2 aliphatic rings. The number of amides is 1. The summed E-state index contributed by atoms with van der Waals surface area (Å²) in [6.07, 6.45) is 8.63. The summed E-state index contributed by atoms with van der Waals surface area (Å²) in [5.41, 5.74) is -0.446. The van der Waals surface area contributed by atoms with Crippen LogP contribution in [-0.2, 0) is 4.74 Å². The van der Waals surface area contributed by atoms with Gasteiger partial charge in [0.05, 0.1) is 6.54 Å². The minimum absolute atomic E-state index is 0.0894. The molecule has 2 aliphatic heterocycles. The number of ether oxygens (including phenoxy) is 1. The highest BCUT2D eigenvalue weighted by Gasteiger charge is 2.33. The van der Waals surface area contributed by atoms with Crippen molar-refractivity contribution in [2.75, 3.05) is 13.1 Å². The lowest BCUT2D eigenvalue weighted by molar-refractivity contribution is -0.0116. The lowest BCUT2D eigenvalue weighted by Crippen LogP contribution is -2.53. The van der Waals surface area contributed by atoms with Gasteiger partial charge in [0.15, 0.2) is 0 Å². The van der Waals surface area contributed by atoms with Crippen molar-refractivity contribution in [1.82, 2.24) is 9.80 Å². The van der Waals surface area contributed by atoms with Gasteiger partial charge in [0, 0.05) is 25.2 Å². The Morgan fingerprint density at radius 3 is 2.79 bits per heavy atom. The molecule has 0 radical (unpaired) electrons. The number of hydrogen-bond acceptors (Lipinski definition) is 4. The van der Waals surface area contributed by atoms with Crippen LogP contribution in [0, 0.1) is 0 Å². The van der Waals surface area contributed by atoms with Gasteiger partial charge >= 0.3 is 6.09 Å². The molecule has 1 fully saturated rings. The second-order valence-electron chi connectivity index (χ2n) is 5.98. The molecule has 0 saturated carbocycles. The molecule has 0 aromatic rings. The van der Waals surface area contributed by atoms with Crippen molar-refractivity contribution in [2.45, 2.75) is 51.8 Å². The maximum absolute atomic E-state index is 12.3. The molecule has 0 aliphatic carbocycles. The zero-order valence-electron chi connectivity index (χ0n) is 12.0. The molecule has 0 aromatic carbocycles. The van der Waals surface area contributed by atoms with Gasteiger partial charge in [0.1, 0.15) is 11.8 Å². The molecule has 1 atom stereocenters. The van der Waals surface area contributed by atoms with Crippen molar-refractivity contribution in [2.24, 2.45) is 4.99 Å². The minimum atomic E-state index is -0.446. The van der Waals surface area contributed by atoms with Crippen LogP contribution in [0.4, 0.5) is 4.79 Å². The van der Waals surface area contributed by atoms with Crippen molar-refractivity contribution in [3.05, 3.63) is 12.4 Å². The van der Waals surface area contributed by atoms with E-state index in [4.69, 9.17) is 4.74 Å². The van der Waals surface area contributed by atoms with Crippen LogP contribution in [0.3, 0.4) is 0 Å². The summed E-state index contributed by atoms with van der Waals surface area (Å²) < 4.78 is 5.50. The van der Waals surface area contributed by atoms with E-state index in [0.717, 1.165) is 32.4 Å². The van der Waals surface area contributed by atoms with Crippen molar-refractivity contribution in [1.29, 1.82) is 0 Å². The smallest absolute Gasteiger partial charge is 0.411 e. The van der Waals surface area contributed by atoms with Crippen molar-refractivity contribution in [3.8, 4) is 0 Å². The normalized spacial score (nSPS) is 23.6. The van der Waals surface area contributed by atoms with Gasteiger partial charge in [-0.05, 0) is 40.0 Å². The van der Waals surface area contributed by atoms with Gasteiger partial charge in [-0.2, -0.15) is 0 Å². The van der Waals surface area contributed by atoms with Crippen LogP contribution < -0.4 is 0 Å². The predicted molar refractivity (Wildman–Crippen MR) is 74.9 cm³/mol. The Morgan fingerprint density at radius 2 is 2.16 bits per heavy atom. The molecule has 1 saturated heterocycles.